The van der Waals surface area contributed by atoms with Crippen molar-refractivity contribution in [3.63, 3.8) is 0 Å². The Morgan fingerprint density at radius 1 is 1.15 bits per heavy atom. The second-order valence-electron chi connectivity index (χ2n) is 7.64. The molecule has 2 N–H and O–H groups in total. The van der Waals surface area contributed by atoms with E-state index in [0.29, 0.717) is 29.2 Å². The number of aromatic nitrogens is 5. The highest BCUT2D eigenvalue weighted by Gasteiger charge is 2.16. The van der Waals surface area contributed by atoms with Crippen LogP contribution in [0.5, 0.6) is 23.1 Å². The third-order valence-corrected chi connectivity index (χ3v) is 5.41. The Kier molecular flexibility index (Phi) is 5.51. The molecule has 0 aliphatic carbocycles. The summed E-state index contributed by atoms with van der Waals surface area (Å²) in [7, 11) is 1.65. The van der Waals surface area contributed by atoms with Crippen molar-refractivity contribution >= 4 is 17.1 Å². The molecule has 0 radical (unpaired) electrons. The van der Waals surface area contributed by atoms with Gasteiger partial charge in [0.2, 0.25) is 18.6 Å². The van der Waals surface area contributed by atoms with Gasteiger partial charge in [0.25, 0.3) is 0 Å². The summed E-state index contributed by atoms with van der Waals surface area (Å²) in [5, 5.41) is 0. The molecule has 4 heterocycles. The van der Waals surface area contributed by atoms with E-state index in [4.69, 9.17) is 24.7 Å². The van der Waals surface area contributed by atoms with Crippen LogP contribution < -0.4 is 24.7 Å². The molecule has 4 aromatic rings. The van der Waals surface area contributed by atoms with Crippen LogP contribution in [0.3, 0.4) is 0 Å². The number of hydrogen-bond donors (Lipinski definition) is 1. The van der Waals surface area contributed by atoms with Crippen molar-refractivity contribution in [2.24, 2.45) is 0 Å². The second kappa shape index (κ2) is 8.78. The van der Waals surface area contributed by atoms with Crippen molar-refractivity contribution in [1.82, 2.24) is 24.5 Å². The van der Waals surface area contributed by atoms with Crippen molar-refractivity contribution in [1.29, 1.82) is 0 Å². The molecule has 5 rings (SSSR count). The first kappa shape index (κ1) is 21.3. The summed E-state index contributed by atoms with van der Waals surface area (Å²) < 4.78 is 23.8. The molecular weight excluding hydrogens is 436 g/mol. The summed E-state index contributed by atoms with van der Waals surface area (Å²) in [6.07, 6.45) is 3.45. The molecule has 3 aromatic heterocycles. The minimum Gasteiger partial charge on any atom is -0.496 e. The van der Waals surface area contributed by atoms with Gasteiger partial charge in [-0.3, -0.25) is 4.98 Å². The van der Waals surface area contributed by atoms with Crippen molar-refractivity contribution in [2.75, 3.05) is 26.2 Å². The Morgan fingerprint density at radius 2 is 2.00 bits per heavy atom. The van der Waals surface area contributed by atoms with E-state index in [1.165, 1.54) is 0 Å². The van der Waals surface area contributed by atoms with Crippen LogP contribution in [0.2, 0.25) is 0 Å². The van der Waals surface area contributed by atoms with E-state index in [-0.39, 0.29) is 25.2 Å². The lowest BCUT2D eigenvalue weighted by atomic mass is 10.1. The summed E-state index contributed by atoms with van der Waals surface area (Å²) in [5.41, 5.74) is 10.6. The number of hydrogen-bond acceptors (Lipinski definition) is 9. The van der Waals surface area contributed by atoms with E-state index in [1.807, 2.05) is 36.6 Å². The first-order valence-electron chi connectivity index (χ1n) is 10.5. The zero-order valence-electron chi connectivity index (χ0n) is 19.0. The SMILES string of the molecule is COc1c(C)cnc(Cn2cnc3c(OCC#Cc4ccc5c(c4)OCO5)nc(N)nc32)c1C. The maximum Gasteiger partial charge on any atom is 0.248 e. The number of fused-ring (bicyclic) bond motifs is 2. The Bertz CT molecular complexity index is 1450. The molecule has 0 saturated heterocycles. The van der Waals surface area contributed by atoms with Gasteiger partial charge in [-0.05, 0) is 32.0 Å². The highest BCUT2D eigenvalue weighted by atomic mass is 16.7. The summed E-state index contributed by atoms with van der Waals surface area (Å²) in [6.45, 7) is 4.70. The van der Waals surface area contributed by atoms with Gasteiger partial charge in [0.1, 0.15) is 5.75 Å². The fourth-order valence-corrected chi connectivity index (χ4v) is 3.76. The minimum atomic E-state index is 0.0825. The largest absolute Gasteiger partial charge is 0.496 e. The molecule has 1 aliphatic rings. The van der Waals surface area contributed by atoms with E-state index in [1.54, 1.807) is 19.6 Å². The molecule has 1 aromatic carbocycles. The Balaban J connectivity index is 1.36. The van der Waals surface area contributed by atoms with E-state index in [9.17, 15) is 0 Å². The topological polar surface area (TPSA) is 119 Å². The zero-order valence-corrected chi connectivity index (χ0v) is 19.0. The van der Waals surface area contributed by atoms with Gasteiger partial charge in [-0.2, -0.15) is 9.97 Å². The molecule has 34 heavy (non-hydrogen) atoms. The van der Waals surface area contributed by atoms with E-state index >= 15 is 0 Å². The normalized spacial score (nSPS) is 11.9. The number of aryl methyl sites for hydroxylation is 1. The van der Waals surface area contributed by atoms with Crippen LogP contribution in [-0.2, 0) is 6.54 Å². The molecule has 0 atom stereocenters. The second-order valence-corrected chi connectivity index (χ2v) is 7.64. The molecule has 1 aliphatic heterocycles. The van der Waals surface area contributed by atoms with Crippen LogP contribution in [0.25, 0.3) is 11.2 Å². The Labute approximate surface area is 195 Å². The van der Waals surface area contributed by atoms with Crippen LogP contribution >= 0.6 is 0 Å². The average Bonchev–Trinajstić information content (AvgIpc) is 3.45. The fraction of sp³-hybridized carbons (Fsp3) is 0.250. The highest BCUT2D eigenvalue weighted by Crippen LogP contribution is 2.32. The monoisotopic (exact) mass is 458 g/mol. The first-order chi connectivity index (χ1) is 16.5. The third-order valence-electron chi connectivity index (χ3n) is 5.41. The number of benzene rings is 1. The molecular formula is C24H22N6O4. The van der Waals surface area contributed by atoms with Gasteiger partial charge in [0.15, 0.2) is 29.3 Å². The number of nitrogens with two attached hydrogens (primary N) is 1. The Hall–Kier alpha value is -4.52. The smallest absolute Gasteiger partial charge is 0.248 e. The number of pyridine rings is 1. The maximum absolute atomic E-state index is 5.95. The third kappa shape index (κ3) is 3.99. The summed E-state index contributed by atoms with van der Waals surface area (Å²) in [5.74, 6) is 8.57. The summed E-state index contributed by atoms with van der Waals surface area (Å²) in [4.78, 5) is 17.6. The minimum absolute atomic E-state index is 0.0825. The number of rotatable bonds is 5. The molecule has 0 saturated carbocycles. The van der Waals surface area contributed by atoms with Gasteiger partial charge in [-0.15, -0.1) is 0 Å². The lowest BCUT2D eigenvalue weighted by Gasteiger charge is -2.13. The fourth-order valence-electron chi connectivity index (χ4n) is 3.76. The van der Waals surface area contributed by atoms with Gasteiger partial charge in [0.05, 0.1) is 25.7 Å². The highest BCUT2D eigenvalue weighted by molar-refractivity contribution is 5.77. The number of nitrogens with zero attached hydrogens (tertiary/aromatic N) is 5. The predicted molar refractivity (Wildman–Crippen MR) is 124 cm³/mol. The van der Waals surface area contributed by atoms with Gasteiger partial charge < -0.3 is 29.2 Å². The Morgan fingerprint density at radius 3 is 2.85 bits per heavy atom. The zero-order chi connectivity index (χ0) is 23.7. The van der Waals surface area contributed by atoms with Crippen molar-refractivity contribution in [3.05, 3.63) is 53.1 Å². The van der Waals surface area contributed by atoms with E-state index in [2.05, 4.69) is 31.8 Å². The van der Waals surface area contributed by atoms with Crippen LogP contribution in [-0.4, -0.2) is 45.0 Å². The quantitative estimate of drug-likeness (QED) is 0.450. The number of methoxy groups -OCH3 is 1. The van der Waals surface area contributed by atoms with Gasteiger partial charge in [-0.1, -0.05) is 11.8 Å². The van der Waals surface area contributed by atoms with Gasteiger partial charge in [0, 0.05) is 22.9 Å². The van der Waals surface area contributed by atoms with Crippen LogP contribution in [0.1, 0.15) is 22.4 Å². The maximum atomic E-state index is 5.95. The summed E-state index contributed by atoms with van der Waals surface area (Å²) >= 11 is 0. The molecule has 0 amide bonds. The lowest BCUT2D eigenvalue weighted by molar-refractivity contribution is 0.174. The number of ether oxygens (including phenoxy) is 4. The van der Waals surface area contributed by atoms with Crippen molar-refractivity contribution in [2.45, 2.75) is 20.4 Å². The molecule has 10 nitrogen and oxygen atoms in total. The number of imidazole rings is 1. The molecule has 0 unspecified atom stereocenters. The number of nitrogen functional groups attached to an aromatic ring is 1. The first-order valence-corrected chi connectivity index (χ1v) is 10.5. The van der Waals surface area contributed by atoms with Crippen LogP contribution in [0, 0.1) is 25.7 Å². The van der Waals surface area contributed by atoms with Crippen LogP contribution in [0.15, 0.2) is 30.7 Å². The van der Waals surface area contributed by atoms with Gasteiger partial charge >= 0.3 is 0 Å². The molecule has 10 heteroatoms. The van der Waals surface area contributed by atoms with E-state index in [0.717, 1.165) is 28.1 Å². The predicted octanol–water partition coefficient (Wildman–Crippen LogP) is 2.64. The van der Waals surface area contributed by atoms with E-state index < -0.39 is 0 Å². The summed E-state index contributed by atoms with van der Waals surface area (Å²) in [6, 6.07) is 5.52. The lowest BCUT2D eigenvalue weighted by Crippen LogP contribution is -2.07. The number of anilines is 1. The molecule has 0 fully saturated rings. The average molecular weight is 458 g/mol. The van der Waals surface area contributed by atoms with Crippen molar-refractivity contribution < 1.29 is 18.9 Å². The molecule has 0 spiro atoms. The standard InChI is InChI=1S/C24H22N6O4/c1-14-10-26-17(15(2)21(14)31-3)11-30-12-27-20-22(30)28-24(25)29-23(20)32-8-4-5-16-6-7-18-19(9-16)34-13-33-18/h6-7,9-10,12H,8,11,13H2,1-3H3,(H2,25,28,29). The van der Waals surface area contributed by atoms with Crippen molar-refractivity contribution in [3.8, 4) is 35.0 Å². The van der Waals surface area contributed by atoms with Gasteiger partial charge in [-0.25, -0.2) is 4.98 Å². The van der Waals surface area contributed by atoms with Crippen LogP contribution in [0.4, 0.5) is 5.95 Å². The molecule has 0 bridgehead atoms. The molecule has 172 valence electrons.